The van der Waals surface area contributed by atoms with E-state index >= 15 is 0 Å². The van der Waals surface area contributed by atoms with E-state index < -0.39 is 0 Å². The summed E-state index contributed by atoms with van der Waals surface area (Å²) in [6.45, 7) is 11.5. The topological polar surface area (TPSA) is 26.3 Å². The molecule has 0 aromatic carbocycles. The molecule has 0 aliphatic heterocycles. The summed E-state index contributed by atoms with van der Waals surface area (Å²) in [4.78, 5) is 11.2. The number of carbonyl (C=O) groups excluding carboxylic acids is 1. The molecule has 3 heteroatoms. The summed E-state index contributed by atoms with van der Waals surface area (Å²) in [6.07, 6.45) is 8.99. The van der Waals surface area contributed by atoms with Crippen molar-refractivity contribution < 1.29 is 14.0 Å². The van der Waals surface area contributed by atoms with Gasteiger partial charge in [-0.2, -0.15) is 0 Å². The van der Waals surface area contributed by atoms with Gasteiger partial charge in [-0.15, -0.1) is 0 Å². The van der Waals surface area contributed by atoms with Gasteiger partial charge in [0.1, 0.15) is 0 Å². The van der Waals surface area contributed by atoms with Crippen molar-refractivity contribution in [1.82, 2.24) is 0 Å². The minimum Gasteiger partial charge on any atom is -0.412 e. The molecular weight excluding hydrogens is 238 g/mol. The molecule has 0 heterocycles. The Morgan fingerprint density at radius 3 is 2.32 bits per heavy atom. The number of hydrogen-bond donors (Lipinski definition) is 0. The van der Waals surface area contributed by atoms with Crippen LogP contribution in [-0.4, -0.2) is 36.8 Å². The fourth-order valence-electron chi connectivity index (χ4n) is 2.00. The third-order valence-corrected chi connectivity index (χ3v) is 3.94. The van der Waals surface area contributed by atoms with Crippen molar-refractivity contribution in [2.45, 2.75) is 65.3 Å². The molecule has 0 fully saturated rings. The smallest absolute Gasteiger partial charge is 0.334 e. The minimum atomic E-state index is -0.326. The lowest BCUT2D eigenvalue weighted by Gasteiger charge is -2.37. The van der Waals surface area contributed by atoms with Gasteiger partial charge in [0.15, 0.2) is 0 Å². The number of hydrogen-bond acceptors (Lipinski definition) is 2. The first-order chi connectivity index (χ1) is 8.96. The van der Waals surface area contributed by atoms with E-state index in [0.29, 0.717) is 12.8 Å². The summed E-state index contributed by atoms with van der Waals surface area (Å²) < 4.78 is 6.01. The van der Waals surface area contributed by atoms with Crippen molar-refractivity contribution in [2.24, 2.45) is 0 Å². The second-order valence-corrected chi connectivity index (χ2v) is 5.86. The van der Waals surface area contributed by atoms with Crippen LogP contribution in [-0.2, 0) is 9.53 Å². The first-order valence-corrected chi connectivity index (χ1v) is 7.59. The average Bonchev–Trinajstić information content (AvgIpc) is 2.39. The van der Waals surface area contributed by atoms with Crippen LogP contribution in [0.1, 0.15) is 59.3 Å². The number of nitrogens with zero attached hydrogens (tertiary/aromatic N) is 1. The highest BCUT2D eigenvalue weighted by atomic mass is 16.5. The molecule has 0 N–H and O–H groups in total. The molecule has 0 amide bonds. The standard InChI is InChI=1S/C16H32NO2/c1-6-8-9-10-11-12-13-17(5,15(3)4)14-19-16(18)7-2/h7,15H,2,6,8-14H2,1,3-5H3/q+1. The molecule has 0 radical (unpaired) electrons. The Morgan fingerprint density at radius 1 is 1.21 bits per heavy atom. The number of ether oxygens (including phenoxy) is 1. The van der Waals surface area contributed by atoms with Crippen LogP contribution >= 0.6 is 0 Å². The van der Waals surface area contributed by atoms with Gasteiger partial charge in [-0.3, -0.25) is 4.48 Å². The lowest BCUT2D eigenvalue weighted by Crippen LogP contribution is -2.52. The number of unbranched alkanes of at least 4 members (excludes halogenated alkanes) is 5. The number of rotatable bonds is 11. The molecule has 0 aromatic heterocycles. The van der Waals surface area contributed by atoms with E-state index in [9.17, 15) is 4.79 Å². The van der Waals surface area contributed by atoms with Crippen molar-refractivity contribution in [1.29, 1.82) is 0 Å². The highest BCUT2D eigenvalue weighted by Gasteiger charge is 2.26. The highest BCUT2D eigenvalue weighted by Crippen LogP contribution is 2.14. The summed E-state index contributed by atoms with van der Waals surface area (Å²) in [5.74, 6) is -0.326. The van der Waals surface area contributed by atoms with E-state index in [0.717, 1.165) is 11.0 Å². The van der Waals surface area contributed by atoms with E-state index in [-0.39, 0.29) is 5.97 Å². The second-order valence-electron chi connectivity index (χ2n) is 5.86. The number of quaternary nitrogens is 1. The van der Waals surface area contributed by atoms with Crippen molar-refractivity contribution in [3.8, 4) is 0 Å². The third kappa shape index (κ3) is 8.04. The summed E-state index contributed by atoms with van der Waals surface area (Å²) in [6, 6.07) is 0.452. The Kier molecular flexibility index (Phi) is 9.58. The summed E-state index contributed by atoms with van der Waals surface area (Å²) in [5, 5.41) is 0. The molecule has 0 bridgehead atoms. The molecule has 19 heavy (non-hydrogen) atoms. The Balaban J connectivity index is 4.02. The van der Waals surface area contributed by atoms with Gasteiger partial charge < -0.3 is 4.74 Å². The molecule has 0 rings (SSSR count). The zero-order valence-corrected chi connectivity index (χ0v) is 13.3. The minimum absolute atomic E-state index is 0.326. The van der Waals surface area contributed by atoms with Crippen LogP contribution in [0, 0.1) is 0 Å². The van der Waals surface area contributed by atoms with Crippen LogP contribution < -0.4 is 0 Å². The van der Waals surface area contributed by atoms with Crippen LogP contribution in [0.2, 0.25) is 0 Å². The molecule has 0 spiro atoms. The van der Waals surface area contributed by atoms with Gasteiger partial charge in [0.05, 0.1) is 19.6 Å². The molecule has 0 saturated carbocycles. The van der Waals surface area contributed by atoms with E-state index in [1.54, 1.807) is 0 Å². The lowest BCUT2D eigenvalue weighted by atomic mass is 10.1. The molecule has 112 valence electrons. The monoisotopic (exact) mass is 270 g/mol. The van der Waals surface area contributed by atoms with Crippen LogP contribution in [0.3, 0.4) is 0 Å². The first kappa shape index (κ1) is 18.2. The molecule has 1 atom stereocenters. The molecule has 0 aliphatic rings. The maximum absolute atomic E-state index is 11.2. The molecule has 0 saturated heterocycles. The lowest BCUT2D eigenvalue weighted by molar-refractivity contribution is -0.945. The van der Waals surface area contributed by atoms with Crippen molar-refractivity contribution in [3.05, 3.63) is 12.7 Å². The van der Waals surface area contributed by atoms with E-state index in [1.807, 2.05) is 0 Å². The summed E-state index contributed by atoms with van der Waals surface area (Å²) >= 11 is 0. The highest BCUT2D eigenvalue weighted by molar-refractivity contribution is 5.81. The predicted molar refractivity (Wildman–Crippen MR) is 80.7 cm³/mol. The fourth-order valence-corrected chi connectivity index (χ4v) is 2.00. The van der Waals surface area contributed by atoms with Gasteiger partial charge in [0.2, 0.25) is 6.73 Å². The first-order valence-electron chi connectivity index (χ1n) is 7.59. The van der Waals surface area contributed by atoms with Gasteiger partial charge in [-0.1, -0.05) is 39.2 Å². The SMILES string of the molecule is C=CC(=O)OC[N+](C)(CCCCCCCC)C(C)C. The summed E-state index contributed by atoms with van der Waals surface area (Å²) in [5.41, 5.74) is 0. The van der Waals surface area contributed by atoms with Gasteiger partial charge in [-0.25, -0.2) is 4.79 Å². The van der Waals surface area contributed by atoms with Gasteiger partial charge >= 0.3 is 5.97 Å². The normalized spacial score (nSPS) is 14.2. The van der Waals surface area contributed by atoms with Crippen molar-refractivity contribution in [3.63, 3.8) is 0 Å². The maximum Gasteiger partial charge on any atom is 0.334 e. The molecule has 3 nitrogen and oxygen atoms in total. The molecule has 0 aliphatic carbocycles. The zero-order valence-electron chi connectivity index (χ0n) is 13.3. The van der Waals surface area contributed by atoms with E-state index in [1.165, 1.54) is 44.6 Å². The largest absolute Gasteiger partial charge is 0.412 e. The number of esters is 1. The Bertz CT molecular complexity index is 263. The Morgan fingerprint density at radius 2 is 1.79 bits per heavy atom. The number of carbonyl (C=O) groups is 1. The maximum atomic E-state index is 11.2. The third-order valence-electron chi connectivity index (χ3n) is 3.94. The zero-order chi connectivity index (χ0) is 14.7. The van der Waals surface area contributed by atoms with Crippen LogP contribution in [0.15, 0.2) is 12.7 Å². The fraction of sp³-hybridized carbons (Fsp3) is 0.812. The van der Waals surface area contributed by atoms with E-state index in [4.69, 9.17) is 4.74 Å². The Labute approximate surface area is 119 Å². The average molecular weight is 270 g/mol. The second kappa shape index (κ2) is 10.0. The summed E-state index contributed by atoms with van der Waals surface area (Å²) in [7, 11) is 2.16. The van der Waals surface area contributed by atoms with Crippen LogP contribution in [0.4, 0.5) is 0 Å². The quantitative estimate of drug-likeness (QED) is 0.187. The van der Waals surface area contributed by atoms with Gasteiger partial charge in [0.25, 0.3) is 0 Å². The van der Waals surface area contributed by atoms with Crippen molar-refractivity contribution in [2.75, 3.05) is 20.3 Å². The van der Waals surface area contributed by atoms with Gasteiger partial charge in [-0.05, 0) is 26.7 Å². The molecular formula is C16H32NO2+. The van der Waals surface area contributed by atoms with Crippen molar-refractivity contribution >= 4 is 5.97 Å². The molecule has 0 aromatic rings. The molecule has 1 unspecified atom stereocenters. The van der Waals surface area contributed by atoms with E-state index in [2.05, 4.69) is 34.4 Å². The van der Waals surface area contributed by atoms with Gasteiger partial charge in [0, 0.05) is 6.08 Å². The predicted octanol–water partition coefficient (Wildman–Crippen LogP) is 3.89. The Hall–Kier alpha value is -0.830. The van der Waals surface area contributed by atoms with Crippen LogP contribution in [0.25, 0.3) is 0 Å². The van der Waals surface area contributed by atoms with Crippen LogP contribution in [0.5, 0.6) is 0 Å².